The van der Waals surface area contributed by atoms with Gasteiger partial charge in [-0.15, -0.1) is 21.5 Å². The van der Waals surface area contributed by atoms with E-state index in [0.717, 1.165) is 46.8 Å². The van der Waals surface area contributed by atoms with E-state index in [4.69, 9.17) is 16.6 Å². The molecule has 5 rings (SSSR count). The minimum atomic E-state index is 0.0613. The van der Waals surface area contributed by atoms with Crippen LogP contribution in [0, 0.1) is 11.3 Å². The van der Waals surface area contributed by atoms with Crippen molar-refractivity contribution in [3.8, 4) is 6.07 Å². The quantitative estimate of drug-likeness (QED) is 0.436. The monoisotopic (exact) mass is 449 g/mol. The Kier molecular flexibility index (Phi) is 4.88. The topological polar surface area (TPSA) is 98.9 Å². The molecule has 1 aliphatic rings. The Morgan fingerprint density at radius 3 is 2.52 bits per heavy atom. The molecular weight excluding hydrogens is 434 g/mol. The predicted molar refractivity (Wildman–Crippen MR) is 121 cm³/mol. The molecule has 4 heterocycles. The predicted octanol–water partition coefficient (Wildman–Crippen LogP) is 3.69. The molecule has 4 aromatic rings. The summed E-state index contributed by atoms with van der Waals surface area (Å²) in [5.74, 6) is 0.733. The van der Waals surface area contributed by atoms with Crippen LogP contribution in [0.2, 0.25) is 5.15 Å². The summed E-state index contributed by atoms with van der Waals surface area (Å²) in [4.78, 5) is 21.4. The molecule has 0 amide bonds. The van der Waals surface area contributed by atoms with Crippen LogP contribution in [0.15, 0.2) is 30.3 Å². The lowest BCUT2D eigenvalue weighted by molar-refractivity contribution is 0.101. The zero-order chi connectivity index (χ0) is 21.5. The third-order valence-electron chi connectivity index (χ3n) is 5.44. The lowest BCUT2D eigenvalue weighted by Gasteiger charge is -2.37. The molecule has 0 atom stereocenters. The molecule has 3 aromatic heterocycles. The number of hydrogen-bond donors (Lipinski definition) is 0. The Balaban J connectivity index is 1.42. The number of pyridine rings is 1. The molecular formula is C21H16ClN7OS. The zero-order valence-corrected chi connectivity index (χ0v) is 18.1. The molecule has 0 unspecified atom stereocenters. The van der Waals surface area contributed by atoms with Crippen molar-refractivity contribution in [2.45, 2.75) is 6.92 Å². The number of nitrogens with zero attached hydrogens (tertiary/aromatic N) is 7. The van der Waals surface area contributed by atoms with E-state index in [1.165, 1.54) is 11.3 Å². The van der Waals surface area contributed by atoms with Gasteiger partial charge >= 0.3 is 0 Å². The van der Waals surface area contributed by atoms with Gasteiger partial charge in [0.1, 0.15) is 22.2 Å². The summed E-state index contributed by atoms with van der Waals surface area (Å²) < 4.78 is 0.721. The van der Waals surface area contributed by atoms with Gasteiger partial charge in [0, 0.05) is 42.8 Å². The summed E-state index contributed by atoms with van der Waals surface area (Å²) in [6.07, 6.45) is 0. The summed E-state index contributed by atoms with van der Waals surface area (Å²) in [7, 11) is 0. The first kappa shape index (κ1) is 19.6. The van der Waals surface area contributed by atoms with Gasteiger partial charge in [-0.25, -0.2) is 4.98 Å². The van der Waals surface area contributed by atoms with E-state index in [1.54, 1.807) is 6.92 Å². The van der Waals surface area contributed by atoms with Gasteiger partial charge in [-0.1, -0.05) is 11.6 Å². The molecule has 0 spiro atoms. The minimum Gasteiger partial charge on any atom is -0.368 e. The number of aromatic nitrogens is 4. The number of rotatable bonds is 3. The van der Waals surface area contributed by atoms with E-state index in [2.05, 4.69) is 31.3 Å². The molecule has 0 N–H and O–H groups in total. The van der Waals surface area contributed by atoms with E-state index in [1.807, 2.05) is 30.3 Å². The average molecular weight is 450 g/mol. The molecule has 1 aromatic carbocycles. The molecule has 0 aliphatic carbocycles. The van der Waals surface area contributed by atoms with Gasteiger partial charge in [0.2, 0.25) is 0 Å². The van der Waals surface area contributed by atoms with Crippen LogP contribution >= 0.6 is 22.9 Å². The van der Waals surface area contributed by atoms with Crippen LogP contribution in [0.1, 0.15) is 22.8 Å². The van der Waals surface area contributed by atoms with E-state index in [9.17, 15) is 10.1 Å². The Labute approximate surface area is 186 Å². The number of nitriles is 1. The van der Waals surface area contributed by atoms with Gasteiger partial charge in [0.05, 0.1) is 10.3 Å². The maximum Gasteiger partial charge on any atom is 0.172 e. The van der Waals surface area contributed by atoms with Crippen LogP contribution < -0.4 is 9.80 Å². The molecule has 1 aliphatic heterocycles. The molecule has 1 saturated heterocycles. The van der Waals surface area contributed by atoms with Crippen LogP contribution in [-0.2, 0) is 0 Å². The second kappa shape index (κ2) is 7.72. The minimum absolute atomic E-state index is 0.0613. The van der Waals surface area contributed by atoms with Crippen LogP contribution in [0.25, 0.3) is 20.4 Å². The van der Waals surface area contributed by atoms with Gasteiger partial charge < -0.3 is 9.80 Å². The van der Waals surface area contributed by atoms with Gasteiger partial charge in [-0.2, -0.15) is 5.26 Å². The normalized spacial score (nSPS) is 14.2. The molecule has 8 nitrogen and oxygen atoms in total. The third-order valence-corrected chi connectivity index (χ3v) is 6.91. The number of piperazine rings is 1. The molecule has 0 saturated carbocycles. The largest absolute Gasteiger partial charge is 0.368 e. The number of ketones is 1. The summed E-state index contributed by atoms with van der Waals surface area (Å²) >= 11 is 7.57. The molecule has 0 radical (unpaired) electrons. The fourth-order valence-electron chi connectivity index (χ4n) is 3.80. The Hall–Kier alpha value is -3.35. The number of thiophene rings is 1. The maximum absolute atomic E-state index is 11.5. The van der Waals surface area contributed by atoms with E-state index in [-0.39, 0.29) is 10.9 Å². The average Bonchev–Trinajstić information content (AvgIpc) is 3.17. The summed E-state index contributed by atoms with van der Waals surface area (Å²) in [5, 5.41) is 22.4. The van der Waals surface area contributed by atoms with Crippen molar-refractivity contribution >= 4 is 60.7 Å². The fraction of sp³-hybridized carbons (Fsp3) is 0.238. The van der Waals surface area contributed by atoms with Gasteiger partial charge in [0.15, 0.2) is 10.9 Å². The van der Waals surface area contributed by atoms with Gasteiger partial charge in [-0.3, -0.25) is 4.79 Å². The van der Waals surface area contributed by atoms with Crippen molar-refractivity contribution in [3.05, 3.63) is 46.6 Å². The number of Topliss-reactive ketones (excluding diaryl/α,β-unsaturated/α-hetero) is 1. The maximum atomic E-state index is 11.5. The Bertz CT molecular complexity index is 1350. The second-order valence-electron chi connectivity index (χ2n) is 7.26. The van der Waals surface area contributed by atoms with E-state index >= 15 is 0 Å². The zero-order valence-electron chi connectivity index (χ0n) is 16.5. The van der Waals surface area contributed by atoms with Crippen molar-refractivity contribution in [3.63, 3.8) is 0 Å². The smallest absolute Gasteiger partial charge is 0.172 e. The molecule has 154 valence electrons. The standard InChI is InChI=1S/C21H16ClN7OS/c1-12(30)13-2-4-15(5-3-13)28-6-8-29(9-7-28)20-14(11-23)10-16-17-18(31-21(16)24-20)19(22)26-27-25-17/h2-5,10H,6-9H2,1H3. The van der Waals surface area contributed by atoms with Crippen LogP contribution in [-0.4, -0.2) is 52.4 Å². The second-order valence-corrected chi connectivity index (χ2v) is 8.62. The SMILES string of the molecule is CC(=O)c1ccc(N2CCN(c3nc4sc5c(Cl)nnnc5c4cc3C#N)CC2)cc1. The fourth-order valence-corrected chi connectivity index (χ4v) is 5.00. The summed E-state index contributed by atoms with van der Waals surface area (Å²) in [6, 6.07) is 11.8. The number of hydrogen-bond acceptors (Lipinski definition) is 9. The van der Waals surface area contributed by atoms with Crippen LogP contribution in [0.3, 0.4) is 0 Å². The first-order valence-electron chi connectivity index (χ1n) is 9.68. The number of carbonyl (C=O) groups is 1. The van der Waals surface area contributed by atoms with Crippen LogP contribution in [0.4, 0.5) is 11.5 Å². The first-order chi connectivity index (χ1) is 15.0. The Morgan fingerprint density at radius 1 is 1.13 bits per heavy atom. The third kappa shape index (κ3) is 3.44. The lowest BCUT2D eigenvalue weighted by atomic mass is 10.1. The first-order valence-corrected chi connectivity index (χ1v) is 10.9. The molecule has 1 fully saturated rings. The van der Waals surface area contributed by atoms with E-state index in [0.29, 0.717) is 22.5 Å². The number of anilines is 2. The van der Waals surface area contributed by atoms with E-state index < -0.39 is 0 Å². The van der Waals surface area contributed by atoms with Crippen molar-refractivity contribution in [1.29, 1.82) is 5.26 Å². The molecule has 0 bridgehead atoms. The highest BCUT2D eigenvalue weighted by atomic mass is 35.5. The van der Waals surface area contributed by atoms with Crippen LogP contribution in [0.5, 0.6) is 0 Å². The van der Waals surface area contributed by atoms with Crippen molar-refractivity contribution < 1.29 is 4.79 Å². The Morgan fingerprint density at radius 2 is 1.84 bits per heavy atom. The van der Waals surface area contributed by atoms with Crippen molar-refractivity contribution in [1.82, 2.24) is 20.4 Å². The number of halogens is 1. The van der Waals surface area contributed by atoms with Crippen molar-refractivity contribution in [2.24, 2.45) is 0 Å². The van der Waals surface area contributed by atoms with Gasteiger partial charge in [0.25, 0.3) is 0 Å². The van der Waals surface area contributed by atoms with Crippen molar-refractivity contribution in [2.75, 3.05) is 36.0 Å². The highest BCUT2D eigenvalue weighted by molar-refractivity contribution is 7.25. The lowest BCUT2D eigenvalue weighted by Crippen LogP contribution is -2.47. The highest BCUT2D eigenvalue weighted by Crippen LogP contribution is 2.36. The molecule has 10 heteroatoms. The summed E-state index contributed by atoms with van der Waals surface area (Å²) in [5.41, 5.74) is 2.91. The summed E-state index contributed by atoms with van der Waals surface area (Å²) in [6.45, 7) is 4.61. The number of benzene rings is 1. The molecule has 31 heavy (non-hydrogen) atoms. The number of carbonyl (C=O) groups excluding carboxylic acids is 1. The highest BCUT2D eigenvalue weighted by Gasteiger charge is 2.23. The van der Waals surface area contributed by atoms with Gasteiger partial charge in [-0.05, 0) is 42.5 Å². The number of fused-ring (bicyclic) bond motifs is 3.